The van der Waals surface area contributed by atoms with E-state index >= 15 is 0 Å². The first-order valence-electron chi connectivity index (χ1n) is 7.81. The number of carbonyl (C=O) groups excluding carboxylic acids is 1. The van der Waals surface area contributed by atoms with Gasteiger partial charge in [0.25, 0.3) is 5.91 Å². The van der Waals surface area contributed by atoms with Crippen LogP contribution in [0.1, 0.15) is 11.6 Å². The first-order valence-corrected chi connectivity index (χ1v) is 7.81. The fraction of sp³-hybridized carbons (Fsp3) is 0.278. The van der Waals surface area contributed by atoms with Crippen molar-refractivity contribution in [3.05, 3.63) is 59.9 Å². The van der Waals surface area contributed by atoms with Crippen molar-refractivity contribution in [3.63, 3.8) is 0 Å². The number of para-hydroxylation sites is 2. The van der Waals surface area contributed by atoms with E-state index in [2.05, 4.69) is 5.32 Å². The minimum absolute atomic E-state index is 0.00301. The summed E-state index contributed by atoms with van der Waals surface area (Å²) in [4.78, 5) is 14.0. The number of phenols is 1. The van der Waals surface area contributed by atoms with Gasteiger partial charge in [0.15, 0.2) is 18.1 Å². The molecule has 0 bridgehead atoms. The predicted molar refractivity (Wildman–Crippen MR) is 87.3 cm³/mol. The summed E-state index contributed by atoms with van der Waals surface area (Å²) in [5.74, 6) is -0.173. The zero-order chi connectivity index (χ0) is 16.9. The van der Waals surface area contributed by atoms with Crippen LogP contribution < -0.4 is 10.1 Å². The molecule has 0 radical (unpaired) electrons. The number of phenolic OH excluding ortho intramolecular Hbond substituents is 1. The van der Waals surface area contributed by atoms with Crippen LogP contribution in [0.2, 0.25) is 0 Å². The minimum Gasteiger partial charge on any atom is -0.504 e. The summed E-state index contributed by atoms with van der Waals surface area (Å²) in [7, 11) is 0. The molecule has 0 aromatic heterocycles. The maximum atomic E-state index is 13.4. The van der Waals surface area contributed by atoms with E-state index in [1.165, 1.54) is 18.2 Å². The number of ether oxygens (including phenoxy) is 1. The molecule has 0 spiro atoms. The molecule has 126 valence electrons. The van der Waals surface area contributed by atoms with Crippen LogP contribution in [0.15, 0.2) is 48.5 Å². The Balaban J connectivity index is 1.60. The fourth-order valence-electron chi connectivity index (χ4n) is 2.73. The van der Waals surface area contributed by atoms with Gasteiger partial charge in [-0.2, -0.15) is 0 Å². The zero-order valence-corrected chi connectivity index (χ0v) is 13.1. The zero-order valence-electron chi connectivity index (χ0n) is 13.1. The van der Waals surface area contributed by atoms with Gasteiger partial charge in [0.1, 0.15) is 5.82 Å². The Bertz CT molecular complexity index is 723. The Labute approximate surface area is 139 Å². The van der Waals surface area contributed by atoms with E-state index in [1.54, 1.807) is 29.2 Å². The highest BCUT2D eigenvalue weighted by Gasteiger charge is 2.24. The molecule has 3 rings (SSSR count). The Morgan fingerprint density at radius 1 is 1.29 bits per heavy atom. The van der Waals surface area contributed by atoms with Gasteiger partial charge < -0.3 is 20.1 Å². The molecule has 24 heavy (non-hydrogen) atoms. The van der Waals surface area contributed by atoms with Gasteiger partial charge >= 0.3 is 0 Å². The van der Waals surface area contributed by atoms with Crippen LogP contribution >= 0.6 is 0 Å². The van der Waals surface area contributed by atoms with Crippen LogP contribution in [0, 0.1) is 5.82 Å². The molecule has 1 heterocycles. The van der Waals surface area contributed by atoms with Crippen LogP contribution in [0.25, 0.3) is 0 Å². The molecule has 2 N–H and O–H groups in total. The van der Waals surface area contributed by atoms with Crippen molar-refractivity contribution in [2.45, 2.75) is 6.04 Å². The van der Waals surface area contributed by atoms with Crippen molar-refractivity contribution in [2.75, 3.05) is 26.2 Å². The number of halogens is 1. The van der Waals surface area contributed by atoms with Crippen LogP contribution in [0.5, 0.6) is 11.5 Å². The number of hydrogen-bond acceptors (Lipinski definition) is 4. The number of hydrogen-bond donors (Lipinski definition) is 2. The quantitative estimate of drug-likeness (QED) is 0.901. The Morgan fingerprint density at radius 2 is 2.12 bits per heavy atom. The standard InChI is InChI=1S/C18H19FN2O3/c19-14-5-3-4-13(10-14)15-11-21(9-8-20-15)18(23)12-24-17-7-2-1-6-16(17)22/h1-7,10,15,20,22H,8-9,11-12H2. The van der Waals surface area contributed by atoms with Crippen LogP contribution in [0.3, 0.4) is 0 Å². The topological polar surface area (TPSA) is 61.8 Å². The van der Waals surface area contributed by atoms with E-state index in [1.807, 2.05) is 6.07 Å². The highest BCUT2D eigenvalue weighted by Crippen LogP contribution is 2.24. The maximum Gasteiger partial charge on any atom is 0.260 e. The minimum atomic E-state index is -0.291. The molecule has 2 aromatic rings. The number of rotatable bonds is 4. The molecule has 5 nitrogen and oxygen atoms in total. The van der Waals surface area contributed by atoms with E-state index in [0.717, 1.165) is 5.56 Å². The summed E-state index contributed by atoms with van der Waals surface area (Å²) in [6.45, 7) is 1.50. The number of aromatic hydroxyl groups is 1. The molecule has 1 amide bonds. The van der Waals surface area contributed by atoms with Gasteiger partial charge in [-0.25, -0.2) is 4.39 Å². The molecule has 0 aliphatic carbocycles. The summed E-state index contributed by atoms with van der Waals surface area (Å²) >= 11 is 0. The fourth-order valence-corrected chi connectivity index (χ4v) is 2.73. The molecule has 1 aliphatic heterocycles. The van der Waals surface area contributed by atoms with E-state index in [-0.39, 0.29) is 35.9 Å². The molecule has 1 atom stereocenters. The third-order valence-corrected chi connectivity index (χ3v) is 4.00. The Kier molecular flexibility index (Phi) is 4.96. The number of nitrogens with zero attached hydrogens (tertiary/aromatic N) is 1. The average Bonchev–Trinajstić information content (AvgIpc) is 2.61. The number of benzene rings is 2. The van der Waals surface area contributed by atoms with Crippen LogP contribution in [-0.2, 0) is 4.79 Å². The Morgan fingerprint density at radius 3 is 2.92 bits per heavy atom. The lowest BCUT2D eigenvalue weighted by Crippen LogP contribution is -2.49. The van der Waals surface area contributed by atoms with Crippen molar-refractivity contribution in [3.8, 4) is 11.5 Å². The normalized spacial score (nSPS) is 17.5. The largest absolute Gasteiger partial charge is 0.504 e. The molecule has 6 heteroatoms. The summed E-state index contributed by atoms with van der Waals surface area (Å²) in [5, 5.41) is 12.9. The number of piperazine rings is 1. The first kappa shape index (κ1) is 16.3. The van der Waals surface area contributed by atoms with Crippen molar-refractivity contribution < 1.29 is 19.0 Å². The van der Waals surface area contributed by atoms with Gasteiger partial charge in [-0.15, -0.1) is 0 Å². The summed E-state index contributed by atoms with van der Waals surface area (Å²) < 4.78 is 18.8. The summed E-state index contributed by atoms with van der Waals surface area (Å²) in [6, 6.07) is 12.8. The SMILES string of the molecule is O=C(COc1ccccc1O)N1CCNC(c2cccc(F)c2)C1. The summed E-state index contributed by atoms with van der Waals surface area (Å²) in [6.07, 6.45) is 0. The second kappa shape index (κ2) is 7.31. The highest BCUT2D eigenvalue weighted by atomic mass is 19.1. The van der Waals surface area contributed by atoms with E-state index in [9.17, 15) is 14.3 Å². The molecule has 1 fully saturated rings. The lowest BCUT2D eigenvalue weighted by Gasteiger charge is -2.34. The smallest absolute Gasteiger partial charge is 0.260 e. The monoisotopic (exact) mass is 330 g/mol. The molecular weight excluding hydrogens is 311 g/mol. The molecule has 2 aromatic carbocycles. The van der Waals surface area contributed by atoms with Crippen molar-refractivity contribution in [1.82, 2.24) is 10.2 Å². The predicted octanol–water partition coefficient (Wildman–Crippen LogP) is 2.08. The molecule has 1 saturated heterocycles. The van der Waals surface area contributed by atoms with E-state index < -0.39 is 0 Å². The highest BCUT2D eigenvalue weighted by molar-refractivity contribution is 5.78. The van der Waals surface area contributed by atoms with E-state index in [0.29, 0.717) is 19.6 Å². The molecule has 0 saturated carbocycles. The van der Waals surface area contributed by atoms with Gasteiger partial charge in [0.2, 0.25) is 0 Å². The van der Waals surface area contributed by atoms with Gasteiger partial charge in [-0.3, -0.25) is 4.79 Å². The van der Waals surface area contributed by atoms with Gasteiger partial charge in [-0.1, -0.05) is 24.3 Å². The third-order valence-electron chi connectivity index (χ3n) is 4.00. The molecule has 1 unspecified atom stereocenters. The van der Waals surface area contributed by atoms with Gasteiger partial charge in [-0.05, 0) is 29.8 Å². The number of amides is 1. The second-order valence-corrected chi connectivity index (χ2v) is 5.66. The van der Waals surface area contributed by atoms with Crippen molar-refractivity contribution >= 4 is 5.91 Å². The second-order valence-electron chi connectivity index (χ2n) is 5.66. The summed E-state index contributed by atoms with van der Waals surface area (Å²) in [5.41, 5.74) is 0.814. The molecule has 1 aliphatic rings. The van der Waals surface area contributed by atoms with Crippen molar-refractivity contribution in [1.29, 1.82) is 0 Å². The lowest BCUT2D eigenvalue weighted by molar-refractivity contribution is -0.134. The third kappa shape index (κ3) is 3.83. The number of nitrogens with one attached hydrogen (secondary N) is 1. The number of carbonyl (C=O) groups is 1. The average molecular weight is 330 g/mol. The molecular formula is C18H19FN2O3. The van der Waals surface area contributed by atoms with Crippen LogP contribution in [-0.4, -0.2) is 42.2 Å². The van der Waals surface area contributed by atoms with Gasteiger partial charge in [0, 0.05) is 19.6 Å². The van der Waals surface area contributed by atoms with E-state index in [4.69, 9.17) is 4.74 Å². The maximum absolute atomic E-state index is 13.4. The first-order chi connectivity index (χ1) is 11.6. The lowest BCUT2D eigenvalue weighted by atomic mass is 10.0. The Hall–Kier alpha value is -2.60. The van der Waals surface area contributed by atoms with Gasteiger partial charge in [0.05, 0.1) is 6.04 Å². The van der Waals surface area contributed by atoms with Crippen LogP contribution in [0.4, 0.5) is 4.39 Å². The van der Waals surface area contributed by atoms with Crippen molar-refractivity contribution in [2.24, 2.45) is 0 Å².